The van der Waals surface area contributed by atoms with Crippen LogP contribution in [0.5, 0.6) is 0 Å². The number of carbonyl (C=O) groups is 1. The van der Waals surface area contributed by atoms with Gasteiger partial charge in [0.1, 0.15) is 0 Å². The second-order valence-corrected chi connectivity index (χ2v) is 8.75. The molecule has 2 heterocycles. The number of rotatable bonds is 3. The summed E-state index contributed by atoms with van der Waals surface area (Å²) in [4.78, 5) is 18.1. The lowest BCUT2D eigenvalue weighted by atomic mass is 9.47. The van der Waals surface area contributed by atoms with Crippen molar-refractivity contribution in [2.75, 3.05) is 6.61 Å². The summed E-state index contributed by atoms with van der Waals surface area (Å²) in [7, 11) is 0. The van der Waals surface area contributed by atoms with Crippen molar-refractivity contribution < 1.29 is 24.4 Å². The molecule has 5 nitrogen and oxygen atoms in total. The third-order valence-corrected chi connectivity index (χ3v) is 7.92. The first-order valence-corrected chi connectivity index (χ1v) is 9.74. The van der Waals surface area contributed by atoms with Gasteiger partial charge in [-0.2, -0.15) is 0 Å². The van der Waals surface area contributed by atoms with Crippen LogP contribution in [-0.4, -0.2) is 35.6 Å². The molecule has 2 saturated carbocycles. The molecule has 5 heteroatoms. The third-order valence-electron chi connectivity index (χ3n) is 7.92. The first kappa shape index (κ1) is 17.7. The van der Waals surface area contributed by atoms with E-state index in [1.165, 1.54) is 0 Å². The first-order chi connectivity index (χ1) is 12.0. The van der Waals surface area contributed by atoms with Crippen molar-refractivity contribution in [1.82, 2.24) is 0 Å². The van der Waals surface area contributed by atoms with E-state index < -0.39 is 5.60 Å². The standard InChI is InChI=1S/C20H30O5/c1-4-14-6-5-7-15-19(3,12(2)10-16(21)20(14,15)25-22)17-11-13-8-9-23-18(13)24-17/h4,12-15,17-18,22H,1,5-11H2,2-3H3/t12-,13-,14+,15-,17+,18+,19+,20-/m1/s1. The molecule has 4 aliphatic rings. The molecule has 0 radical (unpaired) electrons. The molecule has 0 aromatic heterocycles. The number of ether oxygens (including phenoxy) is 2. The fourth-order valence-electron chi connectivity index (χ4n) is 6.30. The molecule has 25 heavy (non-hydrogen) atoms. The monoisotopic (exact) mass is 350 g/mol. The molecule has 0 spiro atoms. The maximum Gasteiger partial charge on any atom is 0.171 e. The Morgan fingerprint density at radius 1 is 1.36 bits per heavy atom. The van der Waals surface area contributed by atoms with Crippen molar-refractivity contribution in [3.8, 4) is 0 Å². The first-order valence-electron chi connectivity index (χ1n) is 9.74. The summed E-state index contributed by atoms with van der Waals surface area (Å²) in [6.45, 7) is 9.08. The lowest BCUT2D eigenvalue weighted by Gasteiger charge is -2.59. The predicted molar refractivity (Wildman–Crippen MR) is 91.7 cm³/mol. The minimum atomic E-state index is -1.16. The van der Waals surface area contributed by atoms with Gasteiger partial charge >= 0.3 is 0 Å². The van der Waals surface area contributed by atoms with Crippen molar-refractivity contribution in [1.29, 1.82) is 0 Å². The molecule has 2 aliphatic carbocycles. The molecule has 0 aromatic carbocycles. The van der Waals surface area contributed by atoms with Gasteiger partial charge in [0.15, 0.2) is 17.7 Å². The summed E-state index contributed by atoms with van der Waals surface area (Å²) in [6, 6.07) is 0. The Morgan fingerprint density at radius 3 is 2.84 bits per heavy atom. The van der Waals surface area contributed by atoms with Crippen LogP contribution in [0.2, 0.25) is 0 Å². The highest BCUT2D eigenvalue weighted by Crippen LogP contribution is 2.61. The van der Waals surface area contributed by atoms with Crippen LogP contribution in [0.3, 0.4) is 0 Å². The molecular formula is C20H30O5. The summed E-state index contributed by atoms with van der Waals surface area (Å²) < 4.78 is 12.1. The number of hydrogen-bond acceptors (Lipinski definition) is 5. The average molecular weight is 350 g/mol. The van der Waals surface area contributed by atoms with E-state index in [2.05, 4.69) is 20.4 Å². The van der Waals surface area contributed by atoms with E-state index in [1.807, 2.05) is 0 Å². The molecule has 0 bridgehead atoms. The van der Waals surface area contributed by atoms with E-state index >= 15 is 0 Å². The Kier molecular flexibility index (Phi) is 4.35. The van der Waals surface area contributed by atoms with Crippen molar-refractivity contribution in [2.24, 2.45) is 29.1 Å². The van der Waals surface area contributed by atoms with Gasteiger partial charge in [-0.15, -0.1) is 6.58 Å². The van der Waals surface area contributed by atoms with Gasteiger partial charge in [0.2, 0.25) is 0 Å². The van der Waals surface area contributed by atoms with Crippen LogP contribution in [0.15, 0.2) is 12.7 Å². The summed E-state index contributed by atoms with van der Waals surface area (Å²) in [5.74, 6) is 0.439. The van der Waals surface area contributed by atoms with Crippen LogP contribution in [0.4, 0.5) is 0 Å². The minimum absolute atomic E-state index is 0.0176. The fraction of sp³-hybridized carbons (Fsp3) is 0.850. The van der Waals surface area contributed by atoms with Gasteiger partial charge in [-0.05, 0) is 31.6 Å². The van der Waals surface area contributed by atoms with Gasteiger partial charge < -0.3 is 9.47 Å². The van der Waals surface area contributed by atoms with Gasteiger partial charge in [-0.25, -0.2) is 4.89 Å². The molecule has 2 saturated heterocycles. The minimum Gasteiger partial charge on any atom is -0.352 e. The average Bonchev–Trinajstić information content (AvgIpc) is 3.21. The summed E-state index contributed by atoms with van der Waals surface area (Å²) in [6.07, 6.45) is 6.87. The molecule has 0 unspecified atom stereocenters. The SMILES string of the molecule is C=C[C@H]1CCC[C@H]2[C@@]1(OO)C(=O)C[C@@H](C)[C@]2(C)[C@@H]1C[C@H]2CCO[C@H]2O1. The summed E-state index contributed by atoms with van der Waals surface area (Å²) in [5, 5.41) is 9.94. The van der Waals surface area contributed by atoms with Gasteiger partial charge in [0.05, 0.1) is 12.7 Å². The predicted octanol–water partition coefficient (Wildman–Crippen LogP) is 3.58. The van der Waals surface area contributed by atoms with E-state index in [0.717, 1.165) is 38.7 Å². The normalized spacial score (nSPS) is 52.7. The molecule has 4 fully saturated rings. The quantitative estimate of drug-likeness (QED) is 0.479. The summed E-state index contributed by atoms with van der Waals surface area (Å²) in [5.41, 5.74) is -1.39. The highest BCUT2D eigenvalue weighted by atomic mass is 17.1. The zero-order chi connectivity index (χ0) is 17.8. The second kappa shape index (κ2) is 6.15. The molecule has 0 amide bonds. The molecule has 2 aliphatic heterocycles. The number of carbonyl (C=O) groups excluding carboxylic acids is 1. The highest BCUT2D eigenvalue weighted by Gasteiger charge is 2.67. The van der Waals surface area contributed by atoms with Crippen LogP contribution in [-0.2, 0) is 19.2 Å². The zero-order valence-corrected chi connectivity index (χ0v) is 15.3. The highest BCUT2D eigenvalue weighted by molar-refractivity contribution is 5.90. The maximum atomic E-state index is 13.1. The van der Waals surface area contributed by atoms with Crippen LogP contribution >= 0.6 is 0 Å². The smallest absolute Gasteiger partial charge is 0.171 e. The zero-order valence-electron chi connectivity index (χ0n) is 15.3. The Labute approximate surface area is 149 Å². The van der Waals surface area contributed by atoms with Crippen molar-refractivity contribution in [2.45, 2.75) is 70.4 Å². The van der Waals surface area contributed by atoms with E-state index in [-0.39, 0.29) is 41.3 Å². The van der Waals surface area contributed by atoms with Crippen LogP contribution in [0.25, 0.3) is 0 Å². The Hall–Kier alpha value is -0.750. The van der Waals surface area contributed by atoms with Gasteiger partial charge in [-0.1, -0.05) is 26.3 Å². The van der Waals surface area contributed by atoms with Gasteiger partial charge in [0, 0.05) is 29.6 Å². The molecule has 140 valence electrons. The van der Waals surface area contributed by atoms with Crippen molar-refractivity contribution >= 4 is 5.78 Å². The lowest BCUT2D eigenvalue weighted by Crippen LogP contribution is -2.67. The van der Waals surface area contributed by atoms with Crippen LogP contribution in [0, 0.1) is 29.1 Å². The number of ketones is 1. The molecule has 1 N–H and O–H groups in total. The Balaban J connectivity index is 1.73. The fourth-order valence-corrected chi connectivity index (χ4v) is 6.30. The topological polar surface area (TPSA) is 65.0 Å². The molecule has 8 atom stereocenters. The second-order valence-electron chi connectivity index (χ2n) is 8.75. The number of fused-ring (bicyclic) bond motifs is 2. The maximum absolute atomic E-state index is 13.1. The van der Waals surface area contributed by atoms with E-state index in [4.69, 9.17) is 14.4 Å². The van der Waals surface area contributed by atoms with E-state index in [9.17, 15) is 10.1 Å². The van der Waals surface area contributed by atoms with Crippen LogP contribution < -0.4 is 0 Å². The van der Waals surface area contributed by atoms with Gasteiger partial charge in [-0.3, -0.25) is 10.1 Å². The molecular weight excluding hydrogens is 320 g/mol. The lowest BCUT2D eigenvalue weighted by molar-refractivity contribution is -0.360. The van der Waals surface area contributed by atoms with E-state index in [0.29, 0.717) is 12.3 Å². The number of hydrogen-bond donors (Lipinski definition) is 1. The van der Waals surface area contributed by atoms with E-state index in [1.54, 1.807) is 6.08 Å². The largest absolute Gasteiger partial charge is 0.352 e. The molecule has 0 aromatic rings. The van der Waals surface area contributed by atoms with Crippen molar-refractivity contribution in [3.05, 3.63) is 12.7 Å². The number of Topliss-reactive ketones (excluding diaryl/α,β-unsaturated/α-hetero) is 1. The Morgan fingerprint density at radius 2 is 2.16 bits per heavy atom. The third kappa shape index (κ3) is 2.25. The summed E-state index contributed by atoms with van der Waals surface area (Å²) >= 11 is 0. The Bertz CT molecular complexity index is 550. The molecule has 4 rings (SSSR count). The van der Waals surface area contributed by atoms with Crippen molar-refractivity contribution in [3.63, 3.8) is 0 Å². The van der Waals surface area contributed by atoms with Crippen LogP contribution in [0.1, 0.15) is 52.4 Å². The van der Waals surface area contributed by atoms with Gasteiger partial charge in [0.25, 0.3) is 0 Å².